The van der Waals surface area contributed by atoms with Gasteiger partial charge in [0.2, 0.25) is 0 Å². The maximum atomic E-state index is 4.60. The number of anilines is 1. The van der Waals surface area contributed by atoms with Crippen molar-refractivity contribution < 1.29 is 0 Å². The number of rotatable bonds is 5. The van der Waals surface area contributed by atoms with E-state index in [1.807, 2.05) is 17.5 Å². The fourth-order valence-corrected chi connectivity index (χ4v) is 3.48. The van der Waals surface area contributed by atoms with E-state index in [4.69, 9.17) is 0 Å². The lowest BCUT2D eigenvalue weighted by molar-refractivity contribution is 0.681. The van der Waals surface area contributed by atoms with Crippen LogP contribution in [0.1, 0.15) is 29.3 Å². The molecule has 1 N–H and O–H groups in total. The predicted molar refractivity (Wildman–Crippen MR) is 85.3 cm³/mol. The van der Waals surface area contributed by atoms with Crippen LogP contribution in [-0.2, 0) is 19.5 Å². The van der Waals surface area contributed by atoms with Crippen molar-refractivity contribution in [2.45, 2.75) is 32.9 Å². The monoisotopic (exact) mass is 287 g/mol. The van der Waals surface area contributed by atoms with E-state index in [0.29, 0.717) is 0 Å². The molecular formula is C16H21N3S. The van der Waals surface area contributed by atoms with E-state index in [9.17, 15) is 0 Å². The fraction of sp³-hybridized carbons (Fsp3) is 0.438. The summed E-state index contributed by atoms with van der Waals surface area (Å²) in [5.74, 6) is 0. The third-order valence-corrected chi connectivity index (χ3v) is 4.73. The molecule has 0 saturated carbocycles. The Bertz CT molecular complexity index is 564. The van der Waals surface area contributed by atoms with Crippen molar-refractivity contribution in [3.05, 3.63) is 46.5 Å². The summed E-state index contributed by atoms with van der Waals surface area (Å²) in [7, 11) is 0. The van der Waals surface area contributed by atoms with Gasteiger partial charge in [-0.15, -0.1) is 11.3 Å². The summed E-state index contributed by atoms with van der Waals surface area (Å²) in [6, 6.07) is 8.74. The van der Waals surface area contributed by atoms with Gasteiger partial charge in [0.1, 0.15) is 0 Å². The molecule has 2 heterocycles. The van der Waals surface area contributed by atoms with Crippen LogP contribution in [0.2, 0.25) is 0 Å². The molecule has 0 spiro atoms. The highest BCUT2D eigenvalue weighted by molar-refractivity contribution is 7.15. The Kier molecular flexibility index (Phi) is 4.33. The molecule has 0 unspecified atom stereocenters. The van der Waals surface area contributed by atoms with Crippen molar-refractivity contribution in [3.8, 4) is 0 Å². The molecule has 3 rings (SSSR count). The SMILES string of the molecule is CCCNCc1cnc(N2CCc3ccccc3C2)s1. The highest BCUT2D eigenvalue weighted by Crippen LogP contribution is 2.28. The Hall–Kier alpha value is -1.39. The van der Waals surface area contributed by atoms with E-state index in [1.165, 1.54) is 22.4 Å². The first-order valence-electron chi connectivity index (χ1n) is 7.34. The number of fused-ring (bicyclic) bond motifs is 1. The smallest absolute Gasteiger partial charge is 0.185 e. The first-order valence-corrected chi connectivity index (χ1v) is 8.15. The minimum Gasteiger partial charge on any atom is -0.343 e. The topological polar surface area (TPSA) is 28.2 Å². The highest BCUT2D eigenvalue weighted by atomic mass is 32.1. The zero-order chi connectivity index (χ0) is 13.8. The van der Waals surface area contributed by atoms with Crippen molar-refractivity contribution >= 4 is 16.5 Å². The summed E-state index contributed by atoms with van der Waals surface area (Å²) in [6.07, 6.45) is 4.32. The molecule has 106 valence electrons. The molecule has 2 aromatic rings. The van der Waals surface area contributed by atoms with Crippen molar-refractivity contribution in [1.29, 1.82) is 0 Å². The van der Waals surface area contributed by atoms with Gasteiger partial charge in [0.05, 0.1) is 0 Å². The minimum absolute atomic E-state index is 0.940. The van der Waals surface area contributed by atoms with Gasteiger partial charge in [0, 0.05) is 30.7 Å². The lowest BCUT2D eigenvalue weighted by Crippen LogP contribution is -2.30. The van der Waals surface area contributed by atoms with Crippen LogP contribution in [-0.4, -0.2) is 18.1 Å². The second-order valence-electron chi connectivity index (χ2n) is 5.23. The first kappa shape index (κ1) is 13.6. The van der Waals surface area contributed by atoms with Crippen LogP contribution in [0.5, 0.6) is 0 Å². The van der Waals surface area contributed by atoms with Gasteiger partial charge in [-0.05, 0) is 30.5 Å². The third-order valence-electron chi connectivity index (χ3n) is 3.67. The average molecular weight is 287 g/mol. The van der Waals surface area contributed by atoms with E-state index < -0.39 is 0 Å². The average Bonchev–Trinajstić information content (AvgIpc) is 2.96. The van der Waals surface area contributed by atoms with Crippen molar-refractivity contribution in [1.82, 2.24) is 10.3 Å². The lowest BCUT2D eigenvalue weighted by Gasteiger charge is -2.28. The van der Waals surface area contributed by atoms with E-state index in [2.05, 4.69) is 46.4 Å². The van der Waals surface area contributed by atoms with Gasteiger partial charge in [-0.2, -0.15) is 0 Å². The van der Waals surface area contributed by atoms with Crippen molar-refractivity contribution in [3.63, 3.8) is 0 Å². The number of hydrogen-bond acceptors (Lipinski definition) is 4. The molecule has 0 radical (unpaired) electrons. The summed E-state index contributed by atoms with van der Waals surface area (Å²) in [5, 5.41) is 4.60. The molecule has 3 nitrogen and oxygen atoms in total. The van der Waals surface area contributed by atoms with Gasteiger partial charge in [0.25, 0.3) is 0 Å². The van der Waals surface area contributed by atoms with E-state index in [-0.39, 0.29) is 0 Å². The van der Waals surface area contributed by atoms with Crippen LogP contribution in [0.3, 0.4) is 0 Å². The predicted octanol–water partition coefficient (Wildman–Crippen LogP) is 3.21. The molecule has 1 aromatic carbocycles. The molecule has 1 aromatic heterocycles. The molecule has 0 aliphatic carbocycles. The first-order chi connectivity index (χ1) is 9.86. The van der Waals surface area contributed by atoms with Crippen LogP contribution in [0.4, 0.5) is 5.13 Å². The number of nitrogens with one attached hydrogen (secondary N) is 1. The third kappa shape index (κ3) is 3.02. The Balaban J connectivity index is 1.66. The summed E-state index contributed by atoms with van der Waals surface area (Å²) in [4.78, 5) is 8.32. The molecule has 1 aliphatic heterocycles. The maximum absolute atomic E-state index is 4.60. The highest BCUT2D eigenvalue weighted by Gasteiger charge is 2.18. The second kappa shape index (κ2) is 6.37. The van der Waals surface area contributed by atoms with Crippen LogP contribution in [0.25, 0.3) is 0 Å². The van der Waals surface area contributed by atoms with Crippen molar-refractivity contribution in [2.24, 2.45) is 0 Å². The van der Waals surface area contributed by atoms with E-state index in [1.54, 1.807) is 0 Å². The lowest BCUT2D eigenvalue weighted by atomic mass is 10.0. The number of hydrogen-bond donors (Lipinski definition) is 1. The summed E-state index contributed by atoms with van der Waals surface area (Å²) in [6.45, 7) is 6.27. The molecule has 0 fully saturated rings. The Morgan fingerprint density at radius 2 is 2.15 bits per heavy atom. The van der Waals surface area contributed by atoms with Gasteiger partial charge in [-0.3, -0.25) is 0 Å². The Morgan fingerprint density at radius 3 is 3.00 bits per heavy atom. The normalized spacial score (nSPS) is 14.3. The summed E-state index contributed by atoms with van der Waals surface area (Å²) in [5.41, 5.74) is 2.93. The largest absolute Gasteiger partial charge is 0.343 e. The van der Waals surface area contributed by atoms with Gasteiger partial charge in [-0.25, -0.2) is 4.98 Å². The number of aromatic nitrogens is 1. The summed E-state index contributed by atoms with van der Waals surface area (Å²) >= 11 is 1.82. The molecule has 0 saturated heterocycles. The van der Waals surface area contributed by atoms with E-state index >= 15 is 0 Å². The van der Waals surface area contributed by atoms with Gasteiger partial charge in [0.15, 0.2) is 5.13 Å². The number of benzene rings is 1. The van der Waals surface area contributed by atoms with Gasteiger partial charge >= 0.3 is 0 Å². The number of thiazole rings is 1. The standard InChI is InChI=1S/C16H21N3S/c1-2-8-17-10-15-11-18-16(20-15)19-9-7-13-5-3-4-6-14(13)12-19/h3-6,11,17H,2,7-10,12H2,1H3. The van der Waals surface area contributed by atoms with Crippen LogP contribution < -0.4 is 10.2 Å². The van der Waals surface area contributed by atoms with Gasteiger partial charge in [-0.1, -0.05) is 31.2 Å². The summed E-state index contributed by atoms with van der Waals surface area (Å²) < 4.78 is 0. The van der Waals surface area contributed by atoms with E-state index in [0.717, 1.165) is 37.7 Å². The minimum atomic E-state index is 0.940. The molecule has 20 heavy (non-hydrogen) atoms. The quantitative estimate of drug-likeness (QED) is 0.856. The molecule has 1 aliphatic rings. The maximum Gasteiger partial charge on any atom is 0.185 e. The zero-order valence-electron chi connectivity index (χ0n) is 11.9. The molecular weight excluding hydrogens is 266 g/mol. The molecule has 4 heteroatoms. The Morgan fingerprint density at radius 1 is 1.30 bits per heavy atom. The van der Waals surface area contributed by atoms with Gasteiger partial charge < -0.3 is 10.2 Å². The second-order valence-corrected chi connectivity index (χ2v) is 6.32. The number of nitrogens with zero attached hydrogens (tertiary/aromatic N) is 2. The van der Waals surface area contributed by atoms with Crippen LogP contribution in [0, 0.1) is 0 Å². The van der Waals surface area contributed by atoms with Crippen LogP contribution in [0.15, 0.2) is 30.5 Å². The fourth-order valence-electron chi connectivity index (χ4n) is 2.57. The van der Waals surface area contributed by atoms with Crippen LogP contribution >= 0.6 is 11.3 Å². The zero-order valence-corrected chi connectivity index (χ0v) is 12.7. The molecule has 0 amide bonds. The molecule has 0 bridgehead atoms. The Labute approximate surface area is 124 Å². The van der Waals surface area contributed by atoms with Crippen molar-refractivity contribution in [2.75, 3.05) is 18.0 Å². The molecule has 0 atom stereocenters.